The minimum atomic E-state index is -5.08. The van der Waals surface area contributed by atoms with Crippen LogP contribution in [0.4, 0.5) is 13.2 Å². The van der Waals surface area contributed by atoms with Crippen LogP contribution in [0.25, 0.3) is 11.1 Å². The first-order valence-corrected chi connectivity index (χ1v) is 9.34. The summed E-state index contributed by atoms with van der Waals surface area (Å²) in [4.78, 5) is 27.5. The summed E-state index contributed by atoms with van der Waals surface area (Å²) in [5.41, 5.74) is 1.80. The number of carbonyl (C=O) groups excluding carboxylic acids is 1. The summed E-state index contributed by atoms with van der Waals surface area (Å²) >= 11 is 0. The molecule has 12 heteroatoms. The normalized spacial score (nSPS) is 16.9. The Morgan fingerprint density at radius 3 is 2.67 bits per heavy atom. The number of aliphatic carboxylic acids is 1. The molecule has 0 saturated carbocycles. The molecule has 0 radical (unpaired) electrons. The summed E-state index contributed by atoms with van der Waals surface area (Å²) in [6, 6.07) is 1.78. The van der Waals surface area contributed by atoms with Crippen molar-refractivity contribution in [1.82, 2.24) is 20.4 Å². The number of alkyl halides is 3. The van der Waals surface area contributed by atoms with Crippen molar-refractivity contribution in [1.29, 1.82) is 0 Å². The van der Waals surface area contributed by atoms with Crippen molar-refractivity contribution in [3.8, 4) is 0 Å². The van der Waals surface area contributed by atoms with Crippen LogP contribution in [0.1, 0.15) is 35.8 Å². The number of aromatic nitrogens is 2. The Balaban J connectivity index is 0.000000396. The van der Waals surface area contributed by atoms with Crippen molar-refractivity contribution < 1.29 is 37.5 Å². The van der Waals surface area contributed by atoms with E-state index in [1.54, 1.807) is 6.07 Å². The van der Waals surface area contributed by atoms with Gasteiger partial charge in [0.1, 0.15) is 0 Å². The minimum Gasteiger partial charge on any atom is -0.475 e. The Labute approximate surface area is 169 Å². The van der Waals surface area contributed by atoms with Gasteiger partial charge in [0.05, 0.1) is 22.7 Å². The molecule has 0 bridgehead atoms. The van der Waals surface area contributed by atoms with Crippen LogP contribution < -0.4 is 5.32 Å². The molecule has 0 aliphatic carbocycles. The minimum absolute atomic E-state index is 0.135. The molecule has 1 amide bonds. The number of aryl methyl sites for hydroxylation is 1. The van der Waals surface area contributed by atoms with Crippen LogP contribution in [0, 0.1) is 0 Å². The van der Waals surface area contributed by atoms with Crippen molar-refractivity contribution in [3.63, 3.8) is 0 Å². The van der Waals surface area contributed by atoms with Crippen LogP contribution in [-0.2, 0) is 11.2 Å². The predicted molar refractivity (Wildman–Crippen MR) is 98.9 cm³/mol. The van der Waals surface area contributed by atoms with Gasteiger partial charge in [-0.05, 0) is 31.9 Å². The number of β-amino-alcohol motifs (C(OH)–C–C–N with tert-alkyl or cyclic N) is 1. The number of aliphatic hydroxyl groups is 1. The lowest BCUT2D eigenvalue weighted by Gasteiger charge is -2.14. The molecule has 0 aromatic carbocycles. The number of carboxylic acid groups (broad SMARTS) is 1. The molecule has 0 unspecified atom stereocenters. The standard InChI is InChI=1S/C16H22N4O3.C2HF3O2/c1-2-14-13-8-11(9-18-16(13)23-19-14)15(22)17-5-3-6-20-7-4-12(21)10-20;3-2(4,5)1(6)7/h8-9,12,21H,2-7,10H2,1H3,(H,17,22);(H,6,7)/t12-;/m1./s1. The van der Waals surface area contributed by atoms with Gasteiger partial charge in [-0.1, -0.05) is 12.1 Å². The number of rotatable bonds is 6. The van der Waals surface area contributed by atoms with E-state index < -0.39 is 12.1 Å². The van der Waals surface area contributed by atoms with Crippen LogP contribution in [0.5, 0.6) is 0 Å². The number of carbonyl (C=O) groups is 2. The van der Waals surface area contributed by atoms with Gasteiger partial charge in [-0.25, -0.2) is 9.78 Å². The third-order valence-electron chi connectivity index (χ3n) is 4.43. The number of carboxylic acids is 1. The van der Waals surface area contributed by atoms with Crippen LogP contribution in [-0.4, -0.2) is 75.6 Å². The molecule has 1 saturated heterocycles. The van der Waals surface area contributed by atoms with E-state index in [9.17, 15) is 23.1 Å². The zero-order valence-electron chi connectivity index (χ0n) is 16.3. The Kier molecular flexibility index (Phi) is 8.12. The SMILES string of the molecule is CCc1noc2ncc(C(=O)NCCCN3CC[C@@H](O)C3)cc12.O=C(O)C(F)(F)F. The highest BCUT2D eigenvalue weighted by Gasteiger charge is 2.38. The molecule has 30 heavy (non-hydrogen) atoms. The predicted octanol–water partition coefficient (Wildman–Crippen LogP) is 1.60. The number of amides is 1. The van der Waals surface area contributed by atoms with Gasteiger partial charge in [0.2, 0.25) is 0 Å². The summed E-state index contributed by atoms with van der Waals surface area (Å²) in [6.45, 7) is 5.15. The number of fused-ring (bicyclic) bond motifs is 1. The van der Waals surface area contributed by atoms with E-state index in [4.69, 9.17) is 14.4 Å². The maximum atomic E-state index is 12.2. The third-order valence-corrected chi connectivity index (χ3v) is 4.43. The highest BCUT2D eigenvalue weighted by Crippen LogP contribution is 2.18. The van der Waals surface area contributed by atoms with Crippen molar-refractivity contribution in [3.05, 3.63) is 23.5 Å². The molecule has 1 atom stereocenters. The second kappa shape index (κ2) is 10.3. The fourth-order valence-electron chi connectivity index (χ4n) is 2.88. The monoisotopic (exact) mass is 432 g/mol. The maximum absolute atomic E-state index is 12.2. The van der Waals surface area contributed by atoms with Crippen LogP contribution in [0.2, 0.25) is 0 Å². The zero-order valence-corrected chi connectivity index (χ0v) is 16.3. The molecule has 1 aliphatic heterocycles. The van der Waals surface area contributed by atoms with E-state index in [2.05, 4.69) is 20.4 Å². The van der Waals surface area contributed by atoms with Crippen LogP contribution >= 0.6 is 0 Å². The first-order valence-electron chi connectivity index (χ1n) is 9.34. The molecular weight excluding hydrogens is 409 g/mol. The zero-order chi connectivity index (χ0) is 22.3. The fourth-order valence-corrected chi connectivity index (χ4v) is 2.88. The molecule has 166 valence electrons. The Hall–Kier alpha value is -2.73. The van der Waals surface area contributed by atoms with Crippen molar-refractivity contribution in [2.45, 2.75) is 38.5 Å². The number of halogens is 3. The fraction of sp³-hybridized carbons (Fsp3) is 0.556. The molecule has 9 nitrogen and oxygen atoms in total. The Bertz CT molecular complexity index is 871. The third kappa shape index (κ3) is 6.66. The average Bonchev–Trinajstić information content (AvgIpc) is 3.29. The van der Waals surface area contributed by atoms with Gasteiger partial charge >= 0.3 is 12.1 Å². The number of nitrogens with zero attached hydrogens (tertiary/aromatic N) is 3. The molecule has 3 rings (SSSR count). The lowest BCUT2D eigenvalue weighted by atomic mass is 10.1. The highest BCUT2D eigenvalue weighted by molar-refractivity contribution is 5.96. The lowest BCUT2D eigenvalue weighted by Crippen LogP contribution is -2.29. The number of aliphatic hydroxyl groups excluding tert-OH is 1. The maximum Gasteiger partial charge on any atom is 0.490 e. The van der Waals surface area contributed by atoms with Gasteiger partial charge in [0.15, 0.2) is 0 Å². The van der Waals surface area contributed by atoms with Crippen molar-refractivity contribution >= 4 is 23.0 Å². The van der Waals surface area contributed by atoms with Gasteiger partial charge in [-0.2, -0.15) is 13.2 Å². The molecule has 1 aliphatic rings. The molecule has 1 fully saturated rings. The lowest BCUT2D eigenvalue weighted by molar-refractivity contribution is -0.192. The molecule has 2 aromatic heterocycles. The van der Waals surface area contributed by atoms with Gasteiger partial charge < -0.3 is 25.0 Å². The summed E-state index contributed by atoms with van der Waals surface area (Å²) < 4.78 is 36.9. The van der Waals surface area contributed by atoms with Crippen molar-refractivity contribution in [2.24, 2.45) is 0 Å². The van der Waals surface area contributed by atoms with E-state index in [0.717, 1.165) is 50.0 Å². The van der Waals surface area contributed by atoms with Gasteiger partial charge in [-0.15, -0.1) is 0 Å². The first-order chi connectivity index (χ1) is 14.1. The first kappa shape index (κ1) is 23.5. The number of pyridine rings is 1. The van der Waals surface area contributed by atoms with Crippen molar-refractivity contribution in [2.75, 3.05) is 26.2 Å². The number of hydrogen-bond acceptors (Lipinski definition) is 7. The average molecular weight is 432 g/mol. The second-order valence-electron chi connectivity index (χ2n) is 6.72. The molecule has 3 N–H and O–H groups in total. The molecule has 0 spiro atoms. The van der Waals surface area contributed by atoms with E-state index >= 15 is 0 Å². The summed E-state index contributed by atoms with van der Waals surface area (Å²) in [5, 5.41) is 24.2. The molecule has 2 aromatic rings. The second-order valence-corrected chi connectivity index (χ2v) is 6.72. The highest BCUT2D eigenvalue weighted by atomic mass is 19.4. The Morgan fingerprint density at radius 1 is 1.40 bits per heavy atom. The number of hydrogen-bond donors (Lipinski definition) is 3. The van der Waals surface area contributed by atoms with E-state index in [1.165, 1.54) is 6.20 Å². The largest absolute Gasteiger partial charge is 0.490 e. The summed E-state index contributed by atoms with van der Waals surface area (Å²) in [7, 11) is 0. The van der Waals surface area contributed by atoms with Gasteiger partial charge in [-0.3, -0.25) is 4.79 Å². The van der Waals surface area contributed by atoms with Gasteiger partial charge in [0, 0.05) is 25.8 Å². The number of nitrogens with one attached hydrogen (secondary N) is 1. The quantitative estimate of drug-likeness (QED) is 0.587. The van der Waals surface area contributed by atoms with Crippen LogP contribution in [0.15, 0.2) is 16.8 Å². The molecule has 3 heterocycles. The van der Waals surface area contributed by atoms with Gasteiger partial charge in [0.25, 0.3) is 11.6 Å². The summed E-state index contributed by atoms with van der Waals surface area (Å²) in [5.74, 6) is -2.89. The molecular formula is C18H23F3N4O5. The summed E-state index contributed by atoms with van der Waals surface area (Å²) in [6.07, 6.45) is -1.32. The number of likely N-dealkylation sites (tertiary alicyclic amines) is 1. The Morgan fingerprint density at radius 2 is 2.10 bits per heavy atom. The van der Waals surface area contributed by atoms with E-state index in [0.29, 0.717) is 17.8 Å². The van der Waals surface area contributed by atoms with E-state index in [1.807, 2.05) is 6.92 Å². The smallest absolute Gasteiger partial charge is 0.475 e. The topological polar surface area (TPSA) is 129 Å². The van der Waals surface area contributed by atoms with Crippen LogP contribution in [0.3, 0.4) is 0 Å². The van der Waals surface area contributed by atoms with E-state index in [-0.39, 0.29) is 12.0 Å².